The Morgan fingerprint density at radius 2 is 1.83 bits per heavy atom. The van der Waals surface area contributed by atoms with Crippen LogP contribution in [0.25, 0.3) is 5.57 Å². The topological polar surface area (TPSA) is 70.5 Å². The number of carbonyl (C=O) groups is 2. The van der Waals surface area contributed by atoms with Crippen molar-refractivity contribution in [2.24, 2.45) is 0 Å². The van der Waals surface area contributed by atoms with Crippen molar-refractivity contribution in [3.05, 3.63) is 77.6 Å². The second-order valence-electron chi connectivity index (χ2n) is 9.40. The molecular weight excluding hydrogens is 438 g/mol. The van der Waals surface area contributed by atoms with Gasteiger partial charge in [0.05, 0.1) is 0 Å². The Labute approximate surface area is 206 Å². The minimum absolute atomic E-state index is 0.0153. The average Bonchev–Trinajstić information content (AvgIpc) is 3.53. The van der Waals surface area contributed by atoms with Crippen molar-refractivity contribution >= 4 is 34.4 Å². The molecule has 0 spiro atoms. The van der Waals surface area contributed by atoms with Gasteiger partial charge in [-0.05, 0) is 85.2 Å². The van der Waals surface area contributed by atoms with Crippen molar-refractivity contribution in [2.45, 2.75) is 38.6 Å². The maximum atomic E-state index is 13.3. The van der Waals surface area contributed by atoms with E-state index in [9.17, 15) is 9.59 Å². The summed E-state index contributed by atoms with van der Waals surface area (Å²) in [6.07, 6.45) is 8.07. The van der Waals surface area contributed by atoms with E-state index < -0.39 is 0 Å². The second kappa shape index (κ2) is 9.78. The highest BCUT2D eigenvalue weighted by atomic mass is 16.2. The van der Waals surface area contributed by atoms with Gasteiger partial charge in [0.1, 0.15) is 6.54 Å². The lowest BCUT2D eigenvalue weighted by atomic mass is 9.86. The van der Waals surface area contributed by atoms with Crippen molar-refractivity contribution < 1.29 is 9.59 Å². The summed E-state index contributed by atoms with van der Waals surface area (Å²) < 4.78 is 1.64. The van der Waals surface area contributed by atoms with Gasteiger partial charge in [0.25, 0.3) is 5.91 Å². The number of amides is 2. The number of hydrogen-bond donors (Lipinski definition) is 1. The number of hydrogen-bond acceptors (Lipinski definition) is 4. The molecule has 2 amide bonds. The van der Waals surface area contributed by atoms with Gasteiger partial charge in [-0.2, -0.15) is 5.10 Å². The molecule has 0 saturated heterocycles. The van der Waals surface area contributed by atoms with Crippen molar-refractivity contribution in [1.29, 1.82) is 0 Å². The number of nitrogens with one attached hydrogen (secondary N) is 1. The molecule has 1 aliphatic carbocycles. The van der Waals surface area contributed by atoms with Gasteiger partial charge in [-0.3, -0.25) is 14.3 Å². The zero-order valence-electron chi connectivity index (χ0n) is 20.3. The van der Waals surface area contributed by atoms with E-state index in [0.717, 1.165) is 71.4 Å². The highest BCUT2D eigenvalue weighted by molar-refractivity contribution is 6.09. The highest BCUT2D eigenvalue weighted by Gasteiger charge is 2.26. The van der Waals surface area contributed by atoms with Crippen molar-refractivity contribution in [3.63, 3.8) is 0 Å². The molecule has 0 unspecified atom stereocenters. The van der Waals surface area contributed by atoms with Gasteiger partial charge in [-0.15, -0.1) is 0 Å². The van der Waals surface area contributed by atoms with Gasteiger partial charge in [0.15, 0.2) is 0 Å². The van der Waals surface area contributed by atoms with Crippen LogP contribution in [-0.4, -0.2) is 42.2 Å². The van der Waals surface area contributed by atoms with Crippen LogP contribution in [0.2, 0.25) is 0 Å². The monoisotopic (exact) mass is 469 g/mol. The van der Waals surface area contributed by atoms with Crippen LogP contribution >= 0.6 is 0 Å². The molecule has 2 aromatic carbocycles. The Morgan fingerprint density at radius 1 is 1.03 bits per heavy atom. The Morgan fingerprint density at radius 3 is 2.57 bits per heavy atom. The Bertz CT molecular complexity index is 1260. The van der Waals surface area contributed by atoms with E-state index in [1.54, 1.807) is 17.1 Å². The van der Waals surface area contributed by atoms with E-state index in [-0.39, 0.29) is 18.4 Å². The summed E-state index contributed by atoms with van der Waals surface area (Å²) in [6.45, 7) is 0.864. The van der Waals surface area contributed by atoms with Crippen LogP contribution in [0.5, 0.6) is 0 Å². The third-order valence-electron chi connectivity index (χ3n) is 6.86. The molecule has 0 saturated carbocycles. The number of anilines is 3. The van der Waals surface area contributed by atoms with E-state index in [0.29, 0.717) is 6.54 Å². The molecule has 35 heavy (non-hydrogen) atoms. The Kier molecular flexibility index (Phi) is 6.40. The minimum Gasteiger partial charge on any atom is -0.378 e. The normalized spacial score (nSPS) is 15.2. The van der Waals surface area contributed by atoms with Crippen molar-refractivity contribution in [1.82, 2.24) is 9.78 Å². The molecule has 2 heterocycles. The second-order valence-corrected chi connectivity index (χ2v) is 9.40. The molecule has 180 valence electrons. The number of nitrogens with zero attached hydrogens (tertiary/aromatic N) is 4. The largest absolute Gasteiger partial charge is 0.378 e. The van der Waals surface area contributed by atoms with E-state index in [1.165, 1.54) is 0 Å². The molecule has 1 aromatic heterocycles. The standard InChI is InChI=1S/C28H31N5O2/c1-31(2)23-11-8-20(9-12-23)24-6-3-4-7-25(24)28(35)30-22-10-13-26-21(18-22)14-17-33(26)27(34)19-32-16-5-15-29-32/h5,8-13,15-16,18H,3-4,6-7,14,17,19H2,1-2H3,(H,30,35). The molecule has 3 aromatic rings. The molecular formula is C28H31N5O2. The molecule has 1 aliphatic heterocycles. The van der Waals surface area contributed by atoms with E-state index >= 15 is 0 Å². The molecule has 0 radical (unpaired) electrons. The van der Waals surface area contributed by atoms with Gasteiger partial charge in [-0.1, -0.05) is 12.1 Å². The van der Waals surface area contributed by atoms with E-state index in [2.05, 4.69) is 39.6 Å². The molecule has 5 rings (SSSR count). The molecule has 0 bridgehead atoms. The Balaban J connectivity index is 1.32. The molecule has 7 heteroatoms. The van der Waals surface area contributed by atoms with Crippen LogP contribution in [0.1, 0.15) is 36.8 Å². The lowest BCUT2D eigenvalue weighted by Crippen LogP contribution is -2.32. The number of aromatic nitrogens is 2. The molecule has 1 N–H and O–H groups in total. The predicted molar refractivity (Wildman–Crippen MR) is 140 cm³/mol. The maximum Gasteiger partial charge on any atom is 0.251 e. The first-order valence-corrected chi connectivity index (χ1v) is 12.2. The molecule has 7 nitrogen and oxygen atoms in total. The first-order valence-electron chi connectivity index (χ1n) is 12.2. The lowest BCUT2D eigenvalue weighted by molar-refractivity contribution is -0.119. The van der Waals surface area contributed by atoms with E-state index in [4.69, 9.17) is 0 Å². The summed E-state index contributed by atoms with van der Waals surface area (Å²) in [5.41, 5.74) is 7.07. The number of allylic oxidation sites excluding steroid dienone is 1. The first kappa shape index (κ1) is 22.9. The zero-order valence-corrected chi connectivity index (χ0v) is 20.3. The summed E-state index contributed by atoms with van der Waals surface area (Å²) in [5.74, 6) is -0.0116. The summed E-state index contributed by atoms with van der Waals surface area (Å²) >= 11 is 0. The van der Waals surface area contributed by atoms with Crippen LogP contribution in [0.4, 0.5) is 17.1 Å². The summed E-state index contributed by atoms with van der Waals surface area (Å²) in [6, 6.07) is 16.1. The van der Waals surface area contributed by atoms with Crippen LogP contribution in [-0.2, 0) is 22.6 Å². The smallest absolute Gasteiger partial charge is 0.251 e. The first-order chi connectivity index (χ1) is 17.0. The van der Waals surface area contributed by atoms with Crippen LogP contribution in [0, 0.1) is 0 Å². The average molecular weight is 470 g/mol. The summed E-state index contributed by atoms with van der Waals surface area (Å²) in [5, 5.41) is 7.26. The summed E-state index contributed by atoms with van der Waals surface area (Å²) in [4.78, 5) is 30.0. The summed E-state index contributed by atoms with van der Waals surface area (Å²) in [7, 11) is 4.05. The Hall–Kier alpha value is -3.87. The maximum absolute atomic E-state index is 13.3. The van der Waals surface area contributed by atoms with Crippen LogP contribution in [0.3, 0.4) is 0 Å². The highest BCUT2D eigenvalue weighted by Crippen LogP contribution is 2.35. The van der Waals surface area contributed by atoms with Crippen molar-refractivity contribution in [2.75, 3.05) is 35.8 Å². The number of rotatable bonds is 6. The number of carbonyl (C=O) groups excluding carboxylic acids is 2. The van der Waals surface area contributed by atoms with Crippen LogP contribution in [0.15, 0.2) is 66.5 Å². The van der Waals surface area contributed by atoms with Gasteiger partial charge >= 0.3 is 0 Å². The van der Waals surface area contributed by atoms with Crippen LogP contribution < -0.4 is 15.1 Å². The fraction of sp³-hybridized carbons (Fsp3) is 0.321. The van der Waals surface area contributed by atoms with Gasteiger partial charge in [-0.25, -0.2) is 0 Å². The number of fused-ring (bicyclic) bond motifs is 1. The third-order valence-corrected chi connectivity index (χ3v) is 6.86. The lowest BCUT2D eigenvalue weighted by Gasteiger charge is -2.21. The molecule has 2 aliphatic rings. The van der Waals surface area contributed by atoms with Gasteiger partial charge < -0.3 is 15.1 Å². The molecule has 0 fully saturated rings. The van der Waals surface area contributed by atoms with E-state index in [1.807, 2.05) is 43.3 Å². The zero-order chi connectivity index (χ0) is 24.4. The fourth-order valence-electron chi connectivity index (χ4n) is 5.00. The van der Waals surface area contributed by atoms with Gasteiger partial charge in [0, 0.05) is 55.7 Å². The predicted octanol–water partition coefficient (Wildman–Crippen LogP) is 4.50. The quantitative estimate of drug-likeness (QED) is 0.577. The third kappa shape index (κ3) is 4.85. The molecule has 0 atom stereocenters. The number of benzene rings is 2. The minimum atomic E-state index is -0.0269. The SMILES string of the molecule is CN(C)c1ccc(C2=C(C(=O)Nc3ccc4c(c3)CCN4C(=O)Cn3cccn3)CCCC2)cc1. The van der Waals surface area contributed by atoms with Crippen molar-refractivity contribution in [3.8, 4) is 0 Å². The fourth-order valence-corrected chi connectivity index (χ4v) is 5.00. The van der Waals surface area contributed by atoms with Gasteiger partial charge in [0.2, 0.25) is 5.91 Å².